The Morgan fingerprint density at radius 2 is 1.77 bits per heavy atom. The largest absolute Gasteiger partial charge is 0.354 e. The zero-order valence-corrected chi connectivity index (χ0v) is 20.0. The van der Waals surface area contributed by atoms with E-state index < -0.39 is 17.8 Å². The van der Waals surface area contributed by atoms with Gasteiger partial charge < -0.3 is 10.2 Å². The van der Waals surface area contributed by atoms with Crippen LogP contribution in [-0.2, 0) is 22.6 Å². The number of carbonyl (C=O) groups excluding carboxylic acids is 2. The number of amides is 2. The van der Waals surface area contributed by atoms with Crippen LogP contribution in [0, 0.1) is 11.7 Å². The van der Waals surface area contributed by atoms with Gasteiger partial charge in [0, 0.05) is 23.7 Å². The molecule has 1 N–H and O–H groups in total. The van der Waals surface area contributed by atoms with E-state index in [4.69, 9.17) is 34.8 Å². The van der Waals surface area contributed by atoms with Crippen molar-refractivity contribution in [2.45, 2.75) is 46.2 Å². The van der Waals surface area contributed by atoms with E-state index in [2.05, 4.69) is 5.32 Å². The minimum absolute atomic E-state index is 0.103. The zero-order valence-electron chi connectivity index (χ0n) is 17.7. The molecular formula is C23H26Cl3FN2O2. The summed E-state index contributed by atoms with van der Waals surface area (Å²) in [5.74, 6) is -0.973. The molecule has 0 fully saturated rings. The van der Waals surface area contributed by atoms with Crippen molar-refractivity contribution in [1.29, 1.82) is 0 Å². The van der Waals surface area contributed by atoms with Gasteiger partial charge in [-0.15, -0.1) is 0 Å². The van der Waals surface area contributed by atoms with Gasteiger partial charge in [0.25, 0.3) is 0 Å². The first-order valence-electron chi connectivity index (χ1n) is 10.1. The van der Waals surface area contributed by atoms with Crippen molar-refractivity contribution in [2.24, 2.45) is 5.92 Å². The highest BCUT2D eigenvalue weighted by molar-refractivity contribution is 6.42. The van der Waals surface area contributed by atoms with E-state index in [-0.39, 0.29) is 35.4 Å². The van der Waals surface area contributed by atoms with Gasteiger partial charge in [0.05, 0.1) is 16.5 Å². The van der Waals surface area contributed by atoms with Gasteiger partial charge in [0.15, 0.2) is 0 Å². The van der Waals surface area contributed by atoms with E-state index in [1.54, 1.807) is 18.2 Å². The smallest absolute Gasteiger partial charge is 0.242 e. The molecule has 4 nitrogen and oxygen atoms in total. The number of hydrogen-bond donors (Lipinski definition) is 1. The van der Waals surface area contributed by atoms with Crippen LogP contribution in [0.1, 0.15) is 38.3 Å². The van der Waals surface area contributed by atoms with Crippen LogP contribution >= 0.6 is 34.8 Å². The van der Waals surface area contributed by atoms with E-state index >= 15 is 0 Å². The lowest BCUT2D eigenvalue weighted by Crippen LogP contribution is -2.50. The topological polar surface area (TPSA) is 49.4 Å². The summed E-state index contributed by atoms with van der Waals surface area (Å²) >= 11 is 18.2. The summed E-state index contributed by atoms with van der Waals surface area (Å²) in [5, 5.41) is 3.79. The highest BCUT2D eigenvalue weighted by Gasteiger charge is 2.29. The molecule has 2 rings (SSSR count). The Hall–Kier alpha value is -1.82. The molecular weight excluding hydrogens is 462 g/mol. The maximum Gasteiger partial charge on any atom is 0.242 e. The summed E-state index contributed by atoms with van der Waals surface area (Å²) in [6.07, 6.45) is 0.128. The predicted molar refractivity (Wildman–Crippen MR) is 124 cm³/mol. The lowest BCUT2D eigenvalue weighted by Gasteiger charge is -2.31. The molecule has 2 aromatic rings. The van der Waals surface area contributed by atoms with Gasteiger partial charge in [-0.05, 0) is 42.2 Å². The van der Waals surface area contributed by atoms with Gasteiger partial charge in [0.1, 0.15) is 11.9 Å². The first kappa shape index (κ1) is 25.4. The molecule has 0 aromatic heterocycles. The van der Waals surface area contributed by atoms with Crippen LogP contribution in [0.5, 0.6) is 0 Å². The maximum atomic E-state index is 14.3. The second-order valence-electron chi connectivity index (χ2n) is 7.71. The van der Waals surface area contributed by atoms with Crippen molar-refractivity contribution in [1.82, 2.24) is 10.2 Å². The number of rotatable bonds is 9. The number of benzene rings is 2. The molecule has 1 atom stereocenters. The molecule has 0 aliphatic heterocycles. The Bertz CT molecular complexity index is 917. The molecule has 8 heteroatoms. The average Bonchev–Trinajstić information content (AvgIpc) is 2.71. The fraction of sp³-hybridized carbons (Fsp3) is 0.391. The van der Waals surface area contributed by atoms with Gasteiger partial charge in [0.2, 0.25) is 11.8 Å². The van der Waals surface area contributed by atoms with E-state index in [0.717, 1.165) is 0 Å². The minimum Gasteiger partial charge on any atom is -0.354 e. The standard InChI is InChI=1S/C23H26Cl3FN2O2/c1-4-21(23(31)28-12-14(2)3)29(13-15-8-9-18(25)19(26)10-15)22(30)11-16-17(24)6-5-7-20(16)27/h5-10,14,21H,4,11-13H2,1-3H3,(H,28,31). The van der Waals surface area contributed by atoms with Crippen LogP contribution in [-0.4, -0.2) is 29.3 Å². The van der Waals surface area contributed by atoms with Gasteiger partial charge in [-0.25, -0.2) is 4.39 Å². The Kier molecular flexibility index (Phi) is 9.60. The normalized spacial score (nSPS) is 12.0. The van der Waals surface area contributed by atoms with E-state index in [9.17, 15) is 14.0 Å². The number of halogens is 4. The Labute approximate surface area is 197 Å². The molecule has 0 saturated carbocycles. The third-order valence-electron chi connectivity index (χ3n) is 4.80. The molecule has 0 aliphatic rings. The summed E-state index contributed by atoms with van der Waals surface area (Å²) in [5.41, 5.74) is 0.809. The molecule has 0 radical (unpaired) electrons. The summed E-state index contributed by atoms with van der Waals surface area (Å²) in [4.78, 5) is 27.6. The lowest BCUT2D eigenvalue weighted by molar-refractivity contribution is -0.141. The van der Waals surface area contributed by atoms with E-state index in [0.29, 0.717) is 28.6 Å². The number of nitrogens with one attached hydrogen (secondary N) is 1. The monoisotopic (exact) mass is 486 g/mol. The molecule has 1 unspecified atom stereocenters. The highest BCUT2D eigenvalue weighted by atomic mass is 35.5. The predicted octanol–water partition coefficient (Wildman–Crippen LogP) is 5.91. The quantitative estimate of drug-likeness (QED) is 0.478. The maximum absolute atomic E-state index is 14.3. The van der Waals surface area contributed by atoms with Crippen LogP contribution in [0.3, 0.4) is 0 Å². The fourth-order valence-corrected chi connectivity index (χ4v) is 3.68. The summed E-state index contributed by atoms with van der Waals surface area (Å²) < 4.78 is 14.3. The first-order chi connectivity index (χ1) is 14.6. The lowest BCUT2D eigenvalue weighted by atomic mass is 10.1. The Morgan fingerprint density at radius 3 is 2.35 bits per heavy atom. The minimum atomic E-state index is -0.730. The molecule has 0 spiro atoms. The van der Waals surface area contributed by atoms with Crippen molar-refractivity contribution in [2.75, 3.05) is 6.54 Å². The molecule has 0 bridgehead atoms. The summed E-state index contributed by atoms with van der Waals surface area (Å²) in [7, 11) is 0. The molecule has 0 heterocycles. The van der Waals surface area contributed by atoms with Crippen LogP contribution in [0.4, 0.5) is 4.39 Å². The van der Waals surface area contributed by atoms with Crippen LogP contribution < -0.4 is 5.32 Å². The van der Waals surface area contributed by atoms with Crippen molar-refractivity contribution in [3.05, 3.63) is 68.4 Å². The Balaban J connectivity index is 2.36. The number of carbonyl (C=O) groups is 2. The van der Waals surface area contributed by atoms with Gasteiger partial charge in [-0.2, -0.15) is 0 Å². The third-order valence-corrected chi connectivity index (χ3v) is 5.89. The van der Waals surface area contributed by atoms with Crippen molar-refractivity contribution >= 4 is 46.6 Å². The van der Waals surface area contributed by atoms with Gasteiger partial charge in [-0.1, -0.05) is 67.7 Å². The molecule has 2 amide bonds. The third kappa shape index (κ3) is 7.09. The SMILES string of the molecule is CCC(C(=O)NCC(C)C)N(Cc1ccc(Cl)c(Cl)c1)C(=O)Cc1c(F)cccc1Cl. The van der Waals surface area contributed by atoms with Crippen LogP contribution in [0.15, 0.2) is 36.4 Å². The van der Waals surface area contributed by atoms with Gasteiger partial charge in [-0.3, -0.25) is 9.59 Å². The summed E-state index contributed by atoms with van der Waals surface area (Å²) in [6.45, 7) is 6.41. The molecule has 0 aliphatic carbocycles. The summed E-state index contributed by atoms with van der Waals surface area (Å²) in [6, 6.07) is 8.56. The Morgan fingerprint density at radius 1 is 1.06 bits per heavy atom. The van der Waals surface area contributed by atoms with Crippen LogP contribution in [0.2, 0.25) is 15.1 Å². The van der Waals surface area contributed by atoms with Crippen molar-refractivity contribution < 1.29 is 14.0 Å². The molecule has 168 valence electrons. The van der Waals surface area contributed by atoms with E-state index in [1.807, 2.05) is 20.8 Å². The first-order valence-corrected chi connectivity index (χ1v) is 11.2. The zero-order chi connectivity index (χ0) is 23.1. The van der Waals surface area contributed by atoms with Gasteiger partial charge >= 0.3 is 0 Å². The number of hydrogen-bond acceptors (Lipinski definition) is 2. The van der Waals surface area contributed by atoms with Crippen molar-refractivity contribution in [3.63, 3.8) is 0 Å². The van der Waals surface area contributed by atoms with Crippen LogP contribution in [0.25, 0.3) is 0 Å². The van der Waals surface area contributed by atoms with Crippen molar-refractivity contribution in [3.8, 4) is 0 Å². The second-order valence-corrected chi connectivity index (χ2v) is 8.93. The molecule has 2 aromatic carbocycles. The molecule has 31 heavy (non-hydrogen) atoms. The second kappa shape index (κ2) is 11.7. The van der Waals surface area contributed by atoms with E-state index in [1.165, 1.54) is 23.1 Å². The molecule has 0 saturated heterocycles. The highest BCUT2D eigenvalue weighted by Crippen LogP contribution is 2.25. The average molecular weight is 488 g/mol. The fourth-order valence-electron chi connectivity index (χ4n) is 3.13. The number of nitrogens with zero attached hydrogens (tertiary/aromatic N) is 1.